The first kappa shape index (κ1) is 16.1. The van der Waals surface area contributed by atoms with Crippen molar-refractivity contribution in [2.75, 3.05) is 7.11 Å². The van der Waals surface area contributed by atoms with Gasteiger partial charge in [-0.05, 0) is 36.1 Å². The Labute approximate surface area is 135 Å². The maximum absolute atomic E-state index is 13.3. The minimum Gasteiger partial charge on any atom is -0.467 e. The topological polar surface area (TPSA) is 38.3 Å². The number of nitrogens with one attached hydrogen (secondary N) is 1. The summed E-state index contributed by atoms with van der Waals surface area (Å²) < 4.78 is 18.7. The average Bonchev–Trinajstić information content (AvgIpc) is 2.97. The van der Waals surface area contributed by atoms with E-state index < -0.39 is 11.5 Å². The molecular weight excluding hydrogens is 357 g/mol. The fraction of sp³-hybridized carbons (Fsp3) is 0.267. The summed E-state index contributed by atoms with van der Waals surface area (Å²) in [6, 6.07) is 8.18. The first-order valence-electron chi connectivity index (χ1n) is 6.28. The molecule has 1 unspecified atom stereocenters. The fourth-order valence-electron chi connectivity index (χ4n) is 2.05. The van der Waals surface area contributed by atoms with Gasteiger partial charge in [0.05, 0.1) is 7.11 Å². The molecule has 0 spiro atoms. The van der Waals surface area contributed by atoms with Crippen molar-refractivity contribution in [2.45, 2.75) is 19.0 Å². The highest BCUT2D eigenvalue weighted by molar-refractivity contribution is 9.10. The minimum atomic E-state index is -1.06. The molecule has 0 saturated carbocycles. The van der Waals surface area contributed by atoms with Crippen LogP contribution in [-0.4, -0.2) is 13.1 Å². The largest absolute Gasteiger partial charge is 0.467 e. The molecule has 112 valence electrons. The van der Waals surface area contributed by atoms with Crippen LogP contribution in [0.5, 0.6) is 0 Å². The van der Waals surface area contributed by atoms with Gasteiger partial charge in [-0.3, -0.25) is 5.32 Å². The molecule has 2 aromatic rings. The first-order chi connectivity index (χ1) is 9.97. The SMILES string of the molecule is COC(=O)C(C)(NCc1cccs1)c1ccc(F)cc1Br. The monoisotopic (exact) mass is 371 g/mol. The molecule has 0 radical (unpaired) electrons. The second kappa shape index (κ2) is 6.68. The third-order valence-corrected chi connectivity index (χ3v) is 4.79. The van der Waals surface area contributed by atoms with Crippen molar-refractivity contribution < 1.29 is 13.9 Å². The van der Waals surface area contributed by atoms with E-state index in [2.05, 4.69) is 21.2 Å². The van der Waals surface area contributed by atoms with Crippen LogP contribution < -0.4 is 5.32 Å². The molecule has 21 heavy (non-hydrogen) atoms. The van der Waals surface area contributed by atoms with Crippen molar-refractivity contribution in [3.63, 3.8) is 0 Å². The molecule has 2 rings (SSSR count). The summed E-state index contributed by atoms with van der Waals surface area (Å²) in [4.78, 5) is 13.3. The highest BCUT2D eigenvalue weighted by Crippen LogP contribution is 2.30. The van der Waals surface area contributed by atoms with Gasteiger partial charge in [-0.15, -0.1) is 11.3 Å². The molecule has 0 aliphatic rings. The number of rotatable bonds is 5. The molecule has 1 aromatic heterocycles. The minimum absolute atomic E-state index is 0.365. The quantitative estimate of drug-likeness (QED) is 0.811. The Balaban J connectivity index is 2.34. The number of benzene rings is 1. The average molecular weight is 372 g/mol. The predicted octanol–water partition coefficient (Wildman–Crippen LogP) is 3.83. The van der Waals surface area contributed by atoms with Crippen LogP contribution in [0.3, 0.4) is 0 Å². The predicted molar refractivity (Wildman–Crippen MR) is 84.6 cm³/mol. The normalized spacial score (nSPS) is 13.7. The number of carbonyl (C=O) groups is 1. The Morgan fingerprint density at radius 1 is 1.48 bits per heavy atom. The molecule has 0 aliphatic carbocycles. The van der Waals surface area contributed by atoms with Crippen molar-refractivity contribution in [1.82, 2.24) is 5.32 Å². The van der Waals surface area contributed by atoms with Crippen molar-refractivity contribution in [2.24, 2.45) is 0 Å². The molecule has 0 fully saturated rings. The number of thiophene rings is 1. The van der Waals surface area contributed by atoms with E-state index in [1.165, 1.54) is 19.2 Å². The highest BCUT2D eigenvalue weighted by atomic mass is 79.9. The van der Waals surface area contributed by atoms with Crippen LogP contribution in [0.4, 0.5) is 4.39 Å². The van der Waals surface area contributed by atoms with Gasteiger partial charge in [0.15, 0.2) is 0 Å². The molecule has 0 amide bonds. The molecular formula is C15H15BrFNO2S. The van der Waals surface area contributed by atoms with Gasteiger partial charge < -0.3 is 4.74 Å². The summed E-state index contributed by atoms with van der Waals surface area (Å²) in [5.74, 6) is -0.789. The fourth-order valence-corrected chi connectivity index (χ4v) is 3.45. The molecule has 6 heteroatoms. The molecule has 0 bridgehead atoms. The number of carbonyl (C=O) groups excluding carboxylic acids is 1. The Kier molecular flexibility index (Phi) is 5.13. The summed E-state index contributed by atoms with van der Waals surface area (Å²) >= 11 is 4.91. The van der Waals surface area contributed by atoms with Crippen LogP contribution in [0.25, 0.3) is 0 Å². The number of hydrogen-bond donors (Lipinski definition) is 1. The zero-order chi connectivity index (χ0) is 15.5. The molecule has 3 nitrogen and oxygen atoms in total. The van der Waals surface area contributed by atoms with E-state index in [0.717, 1.165) is 4.88 Å². The Morgan fingerprint density at radius 2 is 2.24 bits per heavy atom. The van der Waals surface area contributed by atoms with Gasteiger partial charge in [-0.25, -0.2) is 9.18 Å². The lowest BCUT2D eigenvalue weighted by Crippen LogP contribution is -2.47. The summed E-state index contributed by atoms with van der Waals surface area (Å²) in [5.41, 5.74) is -0.432. The molecule has 0 saturated heterocycles. The van der Waals surface area contributed by atoms with E-state index in [0.29, 0.717) is 16.6 Å². The third-order valence-electron chi connectivity index (χ3n) is 3.26. The zero-order valence-corrected chi connectivity index (χ0v) is 14.1. The second-order valence-corrected chi connectivity index (χ2v) is 6.56. The lowest BCUT2D eigenvalue weighted by Gasteiger charge is -2.29. The lowest BCUT2D eigenvalue weighted by atomic mass is 9.92. The third kappa shape index (κ3) is 3.51. The van der Waals surface area contributed by atoms with E-state index in [-0.39, 0.29) is 5.82 Å². The van der Waals surface area contributed by atoms with Gasteiger partial charge >= 0.3 is 5.97 Å². The smallest absolute Gasteiger partial charge is 0.330 e. The van der Waals surface area contributed by atoms with Gasteiger partial charge in [0, 0.05) is 15.9 Å². The van der Waals surface area contributed by atoms with Gasteiger partial charge in [-0.1, -0.05) is 28.1 Å². The van der Waals surface area contributed by atoms with Gasteiger partial charge in [0.2, 0.25) is 0 Å². The van der Waals surface area contributed by atoms with Gasteiger partial charge in [0.1, 0.15) is 11.4 Å². The van der Waals surface area contributed by atoms with Crippen LogP contribution in [-0.2, 0) is 21.6 Å². The van der Waals surface area contributed by atoms with Gasteiger partial charge in [-0.2, -0.15) is 0 Å². The zero-order valence-electron chi connectivity index (χ0n) is 11.7. The van der Waals surface area contributed by atoms with Crippen molar-refractivity contribution in [3.05, 3.63) is 56.4 Å². The molecule has 1 heterocycles. The van der Waals surface area contributed by atoms with Crippen LogP contribution >= 0.6 is 27.3 Å². The second-order valence-electron chi connectivity index (χ2n) is 4.67. The number of hydrogen-bond acceptors (Lipinski definition) is 4. The maximum Gasteiger partial charge on any atom is 0.330 e. The Bertz CT molecular complexity index is 633. The number of ether oxygens (including phenoxy) is 1. The summed E-state index contributed by atoms with van der Waals surface area (Å²) in [6.07, 6.45) is 0. The van der Waals surface area contributed by atoms with Crippen LogP contribution in [0, 0.1) is 5.82 Å². The summed E-state index contributed by atoms with van der Waals surface area (Å²) in [7, 11) is 1.34. The summed E-state index contributed by atoms with van der Waals surface area (Å²) in [5, 5.41) is 5.18. The Hall–Kier alpha value is -1.24. The van der Waals surface area contributed by atoms with Gasteiger partial charge in [0.25, 0.3) is 0 Å². The van der Waals surface area contributed by atoms with E-state index in [1.54, 1.807) is 24.3 Å². The summed E-state index contributed by atoms with van der Waals surface area (Å²) in [6.45, 7) is 2.25. The number of esters is 1. The standard InChI is InChI=1S/C15H15BrFNO2S/c1-15(14(19)20-2,18-9-11-4-3-7-21-11)12-6-5-10(17)8-13(12)16/h3-8,18H,9H2,1-2H3. The van der Waals surface area contributed by atoms with Crippen molar-refractivity contribution in [1.29, 1.82) is 0 Å². The number of methoxy groups -OCH3 is 1. The van der Waals surface area contributed by atoms with Crippen LogP contribution in [0.1, 0.15) is 17.4 Å². The van der Waals surface area contributed by atoms with Crippen molar-refractivity contribution in [3.8, 4) is 0 Å². The van der Waals surface area contributed by atoms with E-state index in [4.69, 9.17) is 4.74 Å². The van der Waals surface area contributed by atoms with Crippen LogP contribution in [0.2, 0.25) is 0 Å². The first-order valence-corrected chi connectivity index (χ1v) is 7.96. The molecule has 1 N–H and O–H groups in total. The molecule has 1 aromatic carbocycles. The lowest BCUT2D eigenvalue weighted by molar-refractivity contribution is -0.148. The molecule has 1 atom stereocenters. The Morgan fingerprint density at radius 3 is 2.81 bits per heavy atom. The van der Waals surface area contributed by atoms with E-state index >= 15 is 0 Å². The molecule has 0 aliphatic heterocycles. The van der Waals surface area contributed by atoms with Crippen LogP contribution in [0.15, 0.2) is 40.2 Å². The highest BCUT2D eigenvalue weighted by Gasteiger charge is 2.37. The van der Waals surface area contributed by atoms with Crippen molar-refractivity contribution >= 4 is 33.2 Å². The van der Waals surface area contributed by atoms with E-state index in [9.17, 15) is 9.18 Å². The number of halogens is 2. The maximum atomic E-state index is 13.3. The van der Waals surface area contributed by atoms with E-state index in [1.807, 2.05) is 17.5 Å².